The number of aromatic hydroxyl groups is 1. The molecule has 286 valence electrons. The number of alkyl halides is 1. The Hall–Kier alpha value is -2.94. The van der Waals surface area contributed by atoms with Crippen molar-refractivity contribution in [1.82, 2.24) is 0 Å². The first kappa shape index (κ1) is 56.2. The van der Waals surface area contributed by atoms with Gasteiger partial charge in [0.05, 0.1) is 36.4 Å². The number of hydrogen-bond donors (Lipinski definition) is 5. The van der Waals surface area contributed by atoms with Gasteiger partial charge in [0.2, 0.25) is 11.4 Å². The van der Waals surface area contributed by atoms with E-state index in [1.807, 2.05) is 12.1 Å². The molecule has 4 rings (SSSR count). The summed E-state index contributed by atoms with van der Waals surface area (Å²) in [7, 11) is 0. The number of anilines is 2. The van der Waals surface area contributed by atoms with Crippen LogP contribution in [0.25, 0.3) is 9.69 Å². The second kappa shape index (κ2) is 29.3. The fourth-order valence-corrected chi connectivity index (χ4v) is 4.09. The molecule has 5 N–H and O–H groups in total. The molecule has 20 heteroatoms. The van der Waals surface area contributed by atoms with Gasteiger partial charge in [0.1, 0.15) is 23.7 Å². The van der Waals surface area contributed by atoms with Crippen LogP contribution in [0.3, 0.4) is 0 Å². The van der Waals surface area contributed by atoms with Crippen molar-refractivity contribution in [1.29, 1.82) is 10.5 Å². The molecule has 0 unspecified atom stereocenters. The predicted molar refractivity (Wildman–Crippen MR) is 205 cm³/mol. The monoisotopic (exact) mass is 930 g/mol. The summed E-state index contributed by atoms with van der Waals surface area (Å²) in [4.78, 5) is 41.6. The molecule has 57 heavy (non-hydrogen) atoms. The van der Waals surface area contributed by atoms with E-state index in [9.17, 15) is 19.8 Å². The molecular weight excluding hydrogens is 901 g/mol. The number of aliphatic hydroxyl groups is 2. The van der Waals surface area contributed by atoms with Crippen molar-refractivity contribution >= 4 is 80.2 Å². The van der Waals surface area contributed by atoms with Gasteiger partial charge in [0.15, 0.2) is 5.60 Å². The molecule has 0 aromatic heterocycles. The Morgan fingerprint density at radius 2 is 1.23 bits per heavy atom. The van der Waals surface area contributed by atoms with Gasteiger partial charge in [0, 0.05) is 26.8 Å². The zero-order valence-electron chi connectivity index (χ0n) is 31.8. The molecular formula is C37H31BrCl2K2N6O9. The molecule has 0 saturated heterocycles. The summed E-state index contributed by atoms with van der Waals surface area (Å²) >= 11 is 14.8. The molecule has 0 fully saturated rings. The summed E-state index contributed by atoms with van der Waals surface area (Å²) in [5.41, 5.74) is -0.851. The first-order valence-electron chi connectivity index (χ1n) is 15.0. The number of carbonyl (C=O) groups excluding carboxylic acids is 3. The molecule has 0 radical (unpaired) electrons. The van der Waals surface area contributed by atoms with E-state index in [1.165, 1.54) is 56.3 Å². The molecule has 2 atom stereocenters. The first-order valence-corrected chi connectivity index (χ1v) is 16.9. The third-order valence-corrected chi connectivity index (χ3v) is 8.13. The minimum atomic E-state index is -1.79. The van der Waals surface area contributed by atoms with Gasteiger partial charge in [-0.05, 0) is 86.6 Å². The minimum Gasteiger partial charge on any atom is -1.00 e. The average molecular weight is 933 g/mol. The number of nitrogens with zero attached hydrogens (tertiary/aromatic N) is 4. The predicted octanol–water partition coefficient (Wildman–Crippen LogP) is 0.325. The summed E-state index contributed by atoms with van der Waals surface area (Å²) in [5, 5.41) is 59.8. The molecule has 4 aromatic rings. The molecule has 0 heterocycles. The van der Waals surface area contributed by atoms with Gasteiger partial charge in [-0.15, -0.1) is 0 Å². The number of phenolic OH excluding ortho intramolecular Hbond substituents is 1. The normalized spacial score (nSPS) is 11.2. The number of nitrogens with one attached hydrogen (secondary N) is 2. The number of amides is 2. The van der Waals surface area contributed by atoms with E-state index in [0.717, 1.165) is 0 Å². The van der Waals surface area contributed by atoms with Crippen LogP contribution in [0.2, 0.25) is 10.0 Å². The number of phenols is 1. The maximum absolute atomic E-state index is 12.2. The summed E-state index contributed by atoms with van der Waals surface area (Å²) < 4.78 is 5.40. The standard InChI is InChI=1S/C18H14ClN3O3.C11H10BrClN2O2.C7H5NO.CH2O3.2K.H/c1-18(24,11-25-14-6-3-12(10-20)4-7-14)17(23)22-13-5-8-16(21-2)15(19)9-13;1-11(17,6-12)10(16)15-7-3-4-9(14-2)8(13)5-7;8-5-6-1-3-7(9)4-2-6;2-1-4-3;;;/h3-9,24H,11H2,1H3,(H,22,23);3-5,17H,6H2,1H3,(H,15,16);1-4,9H;1,3H;;;/q;;;;2*+1;-1/p-1/t18-;11-;;;;;/m00...../s1. The molecule has 0 spiro atoms. The van der Waals surface area contributed by atoms with E-state index in [-0.39, 0.29) is 144 Å². The van der Waals surface area contributed by atoms with Gasteiger partial charge in [0.25, 0.3) is 18.3 Å². The Balaban J connectivity index is -0.000000793. The zero-order chi connectivity index (χ0) is 41.6. The second-order valence-electron chi connectivity index (χ2n) is 10.9. The van der Waals surface area contributed by atoms with Gasteiger partial charge >= 0.3 is 103 Å². The molecule has 0 aliphatic rings. The quantitative estimate of drug-likeness (QED) is 0.0383. The summed E-state index contributed by atoms with van der Waals surface area (Å²) in [6, 6.07) is 25.3. The SMILES string of the molecule is N#Cc1ccc(O)cc1.O=CO[O-].[C-]#[N+]c1ccc(NC(=O)[C@@](C)(O)CBr)cc1Cl.[C-]#[N+]c1ccc(NC(=O)[C@@](C)(O)COc2ccc(C#N)cc2)cc1Cl.[H-].[K+].[K+]. The van der Waals surface area contributed by atoms with Gasteiger partial charge in [-0.1, -0.05) is 51.3 Å². The van der Waals surface area contributed by atoms with Crippen LogP contribution in [0.5, 0.6) is 11.5 Å². The molecule has 2 amide bonds. The van der Waals surface area contributed by atoms with Crippen LogP contribution >= 0.6 is 39.1 Å². The van der Waals surface area contributed by atoms with Crippen LogP contribution < -0.4 is 123 Å². The Bertz CT molecular complexity index is 2110. The van der Waals surface area contributed by atoms with Gasteiger partial charge in [-0.3, -0.25) is 14.4 Å². The molecule has 0 saturated carbocycles. The molecule has 4 aromatic carbocycles. The van der Waals surface area contributed by atoms with Crippen molar-refractivity contribution in [3.8, 4) is 23.6 Å². The van der Waals surface area contributed by atoms with Crippen LogP contribution in [0, 0.1) is 35.8 Å². The maximum Gasteiger partial charge on any atom is 1.00 e. The summed E-state index contributed by atoms with van der Waals surface area (Å²) in [6.07, 6.45) is 0. The summed E-state index contributed by atoms with van der Waals surface area (Å²) in [5.74, 6) is -0.598. The van der Waals surface area contributed by atoms with Gasteiger partial charge in [-0.25, -0.2) is 9.69 Å². The van der Waals surface area contributed by atoms with Crippen LogP contribution in [0.4, 0.5) is 22.7 Å². The minimum absolute atomic E-state index is 0. The Labute approximate surface area is 433 Å². The fourth-order valence-electron chi connectivity index (χ4n) is 3.39. The molecule has 0 aliphatic heterocycles. The van der Waals surface area contributed by atoms with Crippen LogP contribution in [0.15, 0.2) is 84.9 Å². The number of hydrogen-bond acceptors (Lipinski definition) is 11. The fraction of sp³-hybridized carbons (Fsp3) is 0.162. The maximum atomic E-state index is 12.2. The smallest absolute Gasteiger partial charge is 1.00 e. The van der Waals surface area contributed by atoms with Gasteiger partial charge < -0.3 is 42.3 Å². The summed E-state index contributed by atoms with van der Waals surface area (Å²) in [6.45, 7) is 16.0. The Morgan fingerprint density at radius 1 is 0.842 bits per heavy atom. The molecule has 15 nitrogen and oxygen atoms in total. The number of carbonyl (C=O) groups is 3. The van der Waals surface area contributed by atoms with E-state index >= 15 is 0 Å². The van der Waals surface area contributed by atoms with Crippen molar-refractivity contribution in [3.63, 3.8) is 0 Å². The van der Waals surface area contributed by atoms with E-state index in [0.29, 0.717) is 33.9 Å². The van der Waals surface area contributed by atoms with Crippen molar-refractivity contribution in [3.05, 3.63) is 129 Å². The van der Waals surface area contributed by atoms with Crippen LogP contribution in [-0.4, -0.2) is 56.7 Å². The topological polar surface area (TPSA) is 234 Å². The number of ether oxygens (including phenoxy) is 1. The third kappa shape index (κ3) is 21.1. The second-order valence-corrected chi connectivity index (χ2v) is 12.3. The number of nitriles is 2. The number of halogens is 3. The van der Waals surface area contributed by atoms with E-state index in [4.69, 9.17) is 66.8 Å². The van der Waals surface area contributed by atoms with Crippen molar-refractivity contribution in [2.45, 2.75) is 25.0 Å². The Kier molecular flexibility index (Phi) is 28.9. The third-order valence-electron chi connectivity index (χ3n) is 6.43. The Morgan fingerprint density at radius 3 is 1.56 bits per heavy atom. The van der Waals surface area contributed by atoms with E-state index < -0.39 is 23.0 Å². The first-order chi connectivity index (χ1) is 26.0. The van der Waals surface area contributed by atoms with Gasteiger partial charge in [-0.2, -0.15) is 10.5 Å². The molecule has 0 bridgehead atoms. The van der Waals surface area contributed by atoms with Crippen LogP contribution in [0.1, 0.15) is 26.4 Å². The van der Waals surface area contributed by atoms with Crippen LogP contribution in [-0.2, 0) is 19.3 Å². The van der Waals surface area contributed by atoms with Crippen molar-refractivity contribution in [2.24, 2.45) is 0 Å². The van der Waals surface area contributed by atoms with Crippen molar-refractivity contribution < 1.29 is 149 Å². The number of rotatable bonds is 9. The van der Waals surface area contributed by atoms with E-state index in [1.54, 1.807) is 42.5 Å². The van der Waals surface area contributed by atoms with E-state index in [2.05, 4.69) is 41.1 Å². The molecule has 0 aliphatic carbocycles. The van der Waals surface area contributed by atoms with Crippen molar-refractivity contribution in [2.75, 3.05) is 22.6 Å². The average Bonchev–Trinajstić information content (AvgIpc) is 3.18. The largest absolute Gasteiger partial charge is 1.00 e. The number of benzene rings is 4. The zero-order valence-corrected chi connectivity index (χ0v) is 40.1.